The second kappa shape index (κ2) is 7.10. The molecule has 1 unspecified atom stereocenters. The van der Waals surface area contributed by atoms with Gasteiger partial charge in [0.1, 0.15) is 11.6 Å². The zero-order valence-electron chi connectivity index (χ0n) is 11.4. The second-order valence-electron chi connectivity index (χ2n) is 4.64. The minimum absolute atomic E-state index is 0.128. The fraction of sp³-hybridized carbons (Fsp3) is 0.312. The van der Waals surface area contributed by atoms with Gasteiger partial charge in [0.2, 0.25) is 0 Å². The molecule has 2 rings (SSSR count). The average molecular weight is 276 g/mol. The molecule has 0 saturated carbocycles. The van der Waals surface area contributed by atoms with Gasteiger partial charge < -0.3 is 5.32 Å². The van der Waals surface area contributed by atoms with Gasteiger partial charge in [0.15, 0.2) is 0 Å². The van der Waals surface area contributed by atoms with E-state index in [1.807, 2.05) is 19.1 Å². The van der Waals surface area contributed by atoms with Crippen molar-refractivity contribution in [3.63, 3.8) is 0 Å². The molecule has 0 bridgehead atoms. The number of hydrogen-bond donors (Lipinski definition) is 1. The Balaban J connectivity index is 2.15. The summed E-state index contributed by atoms with van der Waals surface area (Å²) in [5.74, 6) is -0.989. The van der Waals surface area contributed by atoms with Gasteiger partial charge >= 0.3 is 0 Å². The Kier molecular flexibility index (Phi) is 5.18. The Morgan fingerprint density at radius 1 is 1.10 bits per heavy atom. The van der Waals surface area contributed by atoms with Crippen LogP contribution in [0.1, 0.15) is 30.5 Å². The maximum Gasteiger partial charge on any atom is 0.130 e. The number of rotatable bonds is 6. The zero-order chi connectivity index (χ0) is 14.4. The van der Waals surface area contributed by atoms with Crippen LogP contribution in [0, 0.1) is 11.6 Å². The summed E-state index contributed by atoms with van der Waals surface area (Å²) in [6.07, 6.45) is 4.83. The lowest BCUT2D eigenvalue weighted by Crippen LogP contribution is -2.23. The van der Waals surface area contributed by atoms with Crippen LogP contribution in [0.4, 0.5) is 8.78 Å². The number of benzene rings is 1. The molecule has 4 heteroatoms. The maximum atomic E-state index is 13.9. The summed E-state index contributed by atoms with van der Waals surface area (Å²) in [7, 11) is 0. The summed E-state index contributed by atoms with van der Waals surface area (Å²) in [6.45, 7) is 2.59. The number of nitrogens with zero attached hydrogens (tertiary/aromatic N) is 1. The van der Waals surface area contributed by atoms with E-state index in [0.717, 1.165) is 12.0 Å². The first-order valence-electron chi connectivity index (χ1n) is 6.78. The summed E-state index contributed by atoms with van der Waals surface area (Å²) in [4.78, 5) is 3.96. The molecular weight excluding hydrogens is 258 g/mol. The summed E-state index contributed by atoms with van der Waals surface area (Å²) in [5.41, 5.74) is 1.24. The average Bonchev–Trinajstić information content (AvgIpc) is 2.45. The zero-order valence-corrected chi connectivity index (χ0v) is 11.4. The van der Waals surface area contributed by atoms with Crippen molar-refractivity contribution in [1.29, 1.82) is 0 Å². The lowest BCUT2D eigenvalue weighted by molar-refractivity contribution is 0.454. The molecule has 1 aromatic carbocycles. The smallest absolute Gasteiger partial charge is 0.130 e. The topological polar surface area (TPSA) is 24.9 Å². The van der Waals surface area contributed by atoms with E-state index in [9.17, 15) is 8.78 Å². The predicted molar refractivity (Wildman–Crippen MR) is 75.3 cm³/mol. The Morgan fingerprint density at radius 2 is 1.75 bits per heavy atom. The lowest BCUT2D eigenvalue weighted by Gasteiger charge is -2.19. The third kappa shape index (κ3) is 3.61. The minimum Gasteiger partial charge on any atom is -0.310 e. The number of aromatic nitrogens is 1. The molecule has 2 nitrogen and oxygen atoms in total. The first-order chi connectivity index (χ1) is 9.72. The van der Waals surface area contributed by atoms with Crippen LogP contribution in [-0.2, 0) is 6.42 Å². The number of halogens is 2. The highest BCUT2D eigenvalue weighted by molar-refractivity contribution is 5.24. The Bertz CT molecular complexity index is 523. The van der Waals surface area contributed by atoms with E-state index in [4.69, 9.17) is 0 Å². The van der Waals surface area contributed by atoms with Crippen molar-refractivity contribution >= 4 is 0 Å². The van der Waals surface area contributed by atoms with Crippen LogP contribution in [0.15, 0.2) is 42.7 Å². The first kappa shape index (κ1) is 14.6. The first-order valence-corrected chi connectivity index (χ1v) is 6.78. The molecular formula is C16H18F2N2. The van der Waals surface area contributed by atoms with E-state index >= 15 is 0 Å². The van der Waals surface area contributed by atoms with Crippen molar-refractivity contribution in [2.75, 3.05) is 6.54 Å². The van der Waals surface area contributed by atoms with E-state index in [0.29, 0.717) is 13.0 Å². The van der Waals surface area contributed by atoms with Gasteiger partial charge in [-0.25, -0.2) is 8.78 Å². The van der Waals surface area contributed by atoms with Gasteiger partial charge in [-0.1, -0.05) is 13.0 Å². The SMILES string of the molecule is CCNC(CCc1ccncc1)c1c(F)cccc1F. The normalized spacial score (nSPS) is 12.3. The van der Waals surface area contributed by atoms with Gasteiger partial charge in [-0.05, 0) is 49.2 Å². The molecule has 0 amide bonds. The van der Waals surface area contributed by atoms with E-state index < -0.39 is 11.6 Å². The minimum atomic E-state index is -0.495. The molecule has 0 radical (unpaired) electrons. The van der Waals surface area contributed by atoms with Crippen LogP contribution in [0.25, 0.3) is 0 Å². The fourth-order valence-corrected chi connectivity index (χ4v) is 2.30. The molecule has 1 aromatic heterocycles. The molecule has 20 heavy (non-hydrogen) atoms. The van der Waals surface area contributed by atoms with Crippen LogP contribution < -0.4 is 5.32 Å². The van der Waals surface area contributed by atoms with Crippen molar-refractivity contribution in [2.24, 2.45) is 0 Å². The highest BCUT2D eigenvalue weighted by atomic mass is 19.1. The molecule has 1 atom stereocenters. The number of hydrogen-bond acceptors (Lipinski definition) is 2. The summed E-state index contributed by atoms with van der Waals surface area (Å²) < 4.78 is 27.7. The van der Waals surface area contributed by atoms with E-state index in [1.165, 1.54) is 18.2 Å². The van der Waals surface area contributed by atoms with Crippen LogP contribution >= 0.6 is 0 Å². The third-order valence-corrected chi connectivity index (χ3v) is 3.27. The van der Waals surface area contributed by atoms with Gasteiger partial charge in [0, 0.05) is 24.0 Å². The van der Waals surface area contributed by atoms with Crippen LogP contribution in [-0.4, -0.2) is 11.5 Å². The molecule has 0 spiro atoms. The highest BCUT2D eigenvalue weighted by Gasteiger charge is 2.19. The summed E-state index contributed by atoms with van der Waals surface area (Å²) in [6, 6.07) is 7.50. The quantitative estimate of drug-likeness (QED) is 0.871. The molecule has 0 fully saturated rings. The van der Waals surface area contributed by atoms with Crippen molar-refractivity contribution in [1.82, 2.24) is 10.3 Å². The number of nitrogens with one attached hydrogen (secondary N) is 1. The fourth-order valence-electron chi connectivity index (χ4n) is 2.30. The van der Waals surface area contributed by atoms with Crippen molar-refractivity contribution in [3.8, 4) is 0 Å². The Morgan fingerprint density at radius 3 is 2.35 bits per heavy atom. The van der Waals surface area contributed by atoms with Crippen LogP contribution in [0.5, 0.6) is 0 Å². The standard InChI is InChI=1S/C16H18F2N2/c1-2-20-15(7-6-12-8-10-19-11-9-12)16-13(17)4-3-5-14(16)18/h3-5,8-11,15,20H,2,6-7H2,1H3. The summed E-state index contributed by atoms with van der Waals surface area (Å²) >= 11 is 0. The molecule has 1 heterocycles. The van der Waals surface area contributed by atoms with Crippen molar-refractivity contribution in [2.45, 2.75) is 25.8 Å². The lowest BCUT2D eigenvalue weighted by atomic mass is 9.98. The third-order valence-electron chi connectivity index (χ3n) is 3.27. The molecule has 0 aliphatic heterocycles. The van der Waals surface area contributed by atoms with Crippen molar-refractivity contribution in [3.05, 3.63) is 65.5 Å². The molecule has 1 N–H and O–H groups in total. The highest BCUT2D eigenvalue weighted by Crippen LogP contribution is 2.24. The van der Waals surface area contributed by atoms with E-state index in [-0.39, 0.29) is 11.6 Å². The van der Waals surface area contributed by atoms with Crippen LogP contribution in [0.2, 0.25) is 0 Å². The van der Waals surface area contributed by atoms with Gasteiger partial charge in [0.25, 0.3) is 0 Å². The van der Waals surface area contributed by atoms with Gasteiger partial charge in [-0.3, -0.25) is 4.98 Å². The largest absolute Gasteiger partial charge is 0.310 e. The Labute approximate surface area is 117 Å². The Hall–Kier alpha value is -1.81. The second-order valence-corrected chi connectivity index (χ2v) is 4.64. The molecule has 0 saturated heterocycles. The molecule has 106 valence electrons. The monoisotopic (exact) mass is 276 g/mol. The number of pyridine rings is 1. The van der Waals surface area contributed by atoms with Gasteiger partial charge in [0.05, 0.1) is 0 Å². The van der Waals surface area contributed by atoms with Gasteiger partial charge in [-0.15, -0.1) is 0 Å². The maximum absolute atomic E-state index is 13.9. The predicted octanol–water partition coefficient (Wildman–Crippen LogP) is 3.64. The van der Waals surface area contributed by atoms with E-state index in [2.05, 4.69) is 10.3 Å². The molecule has 2 aromatic rings. The molecule has 0 aliphatic carbocycles. The van der Waals surface area contributed by atoms with Crippen LogP contribution in [0.3, 0.4) is 0 Å². The molecule has 0 aliphatic rings. The summed E-state index contributed by atoms with van der Waals surface area (Å²) in [5, 5.41) is 3.16. The van der Waals surface area contributed by atoms with Gasteiger partial charge in [-0.2, -0.15) is 0 Å². The van der Waals surface area contributed by atoms with E-state index in [1.54, 1.807) is 12.4 Å². The van der Waals surface area contributed by atoms with Crippen molar-refractivity contribution < 1.29 is 8.78 Å². The number of aryl methyl sites for hydroxylation is 1.